The van der Waals surface area contributed by atoms with Gasteiger partial charge in [0, 0.05) is 38.4 Å². The van der Waals surface area contributed by atoms with E-state index in [9.17, 15) is 9.59 Å². The average Bonchev–Trinajstić information content (AvgIpc) is 3.11. The molecule has 0 radical (unpaired) electrons. The van der Waals surface area contributed by atoms with Crippen molar-refractivity contribution in [3.8, 4) is 11.5 Å². The van der Waals surface area contributed by atoms with Crippen LogP contribution in [-0.2, 0) is 11.3 Å². The van der Waals surface area contributed by atoms with Crippen LogP contribution in [-0.4, -0.2) is 79.1 Å². The van der Waals surface area contributed by atoms with Crippen molar-refractivity contribution < 1.29 is 23.8 Å². The van der Waals surface area contributed by atoms with Crippen molar-refractivity contribution in [1.29, 1.82) is 0 Å². The zero-order chi connectivity index (χ0) is 22.8. The molecule has 4 rings (SSSR count). The van der Waals surface area contributed by atoms with Gasteiger partial charge in [0.15, 0.2) is 17.3 Å². The Kier molecular flexibility index (Phi) is 6.53. The van der Waals surface area contributed by atoms with Crippen molar-refractivity contribution >= 4 is 11.8 Å². The lowest BCUT2D eigenvalue weighted by Gasteiger charge is -2.37. The Morgan fingerprint density at radius 1 is 1.09 bits per heavy atom. The highest BCUT2D eigenvalue weighted by molar-refractivity contribution is 6.03. The quantitative estimate of drug-likeness (QED) is 0.545. The smallest absolute Gasteiger partial charge is 0.339 e. The van der Waals surface area contributed by atoms with Crippen LogP contribution in [0, 0.1) is 13.8 Å². The van der Waals surface area contributed by atoms with Crippen molar-refractivity contribution in [2.45, 2.75) is 33.4 Å². The average molecular weight is 442 g/mol. The number of nitrogens with one attached hydrogen (secondary N) is 1. The van der Waals surface area contributed by atoms with Crippen molar-refractivity contribution in [1.82, 2.24) is 14.8 Å². The molecule has 0 saturated carbocycles. The number of benzene rings is 1. The number of aryl methyl sites for hydroxylation is 1. The number of hydrogen-bond donors (Lipinski definition) is 1. The topological polar surface area (TPSA) is 84.1 Å². The fourth-order valence-corrected chi connectivity index (χ4v) is 4.53. The fraction of sp³-hybridized carbons (Fsp3) is 0.500. The van der Waals surface area contributed by atoms with Crippen LogP contribution in [0.5, 0.6) is 11.5 Å². The molecule has 1 saturated heterocycles. The van der Waals surface area contributed by atoms with Gasteiger partial charge < -0.3 is 19.2 Å². The SMILES string of the molecule is COC(=O)c1c(C)[nH]c(C(=O)[C@H](C)N2CCN(Cc3ccc4c(c3)OCCO4)CC2)c1C. The summed E-state index contributed by atoms with van der Waals surface area (Å²) >= 11 is 0. The van der Waals surface area contributed by atoms with Crippen LogP contribution in [0.15, 0.2) is 18.2 Å². The Bertz CT molecular complexity index is 1010. The fourth-order valence-electron chi connectivity index (χ4n) is 4.53. The third-order valence-electron chi connectivity index (χ3n) is 6.42. The van der Waals surface area contributed by atoms with Gasteiger partial charge in [0.1, 0.15) is 13.2 Å². The lowest BCUT2D eigenvalue weighted by atomic mass is 10.0. The van der Waals surface area contributed by atoms with E-state index in [0.29, 0.717) is 35.7 Å². The molecule has 0 unspecified atom stereocenters. The number of carbonyl (C=O) groups is 2. The molecule has 2 aromatic rings. The summed E-state index contributed by atoms with van der Waals surface area (Å²) in [4.78, 5) is 32.9. The van der Waals surface area contributed by atoms with Gasteiger partial charge in [-0.05, 0) is 44.0 Å². The number of esters is 1. The van der Waals surface area contributed by atoms with Gasteiger partial charge in [-0.3, -0.25) is 14.6 Å². The van der Waals surface area contributed by atoms with E-state index in [0.717, 1.165) is 44.2 Å². The maximum atomic E-state index is 13.2. The Labute approximate surface area is 188 Å². The van der Waals surface area contributed by atoms with Crippen LogP contribution in [0.3, 0.4) is 0 Å². The molecular weight excluding hydrogens is 410 g/mol. The summed E-state index contributed by atoms with van der Waals surface area (Å²) in [5, 5.41) is 0. The second-order valence-electron chi connectivity index (χ2n) is 8.45. The summed E-state index contributed by atoms with van der Waals surface area (Å²) in [6.07, 6.45) is 0. The first-order valence-electron chi connectivity index (χ1n) is 11.1. The maximum absolute atomic E-state index is 13.2. The third-order valence-corrected chi connectivity index (χ3v) is 6.42. The van der Waals surface area contributed by atoms with Crippen molar-refractivity contribution in [3.63, 3.8) is 0 Å². The minimum absolute atomic E-state index is 0.000962. The van der Waals surface area contributed by atoms with Gasteiger partial charge >= 0.3 is 5.97 Å². The predicted octanol–water partition coefficient (Wildman–Crippen LogP) is 2.58. The second kappa shape index (κ2) is 9.34. The van der Waals surface area contributed by atoms with Crippen LogP contribution in [0.2, 0.25) is 0 Å². The summed E-state index contributed by atoms with van der Waals surface area (Å²) in [7, 11) is 1.35. The minimum Gasteiger partial charge on any atom is -0.486 e. The number of Topliss-reactive ketones (excluding diaryl/α,β-unsaturated/α-hetero) is 1. The number of hydrogen-bond acceptors (Lipinski definition) is 7. The molecule has 8 nitrogen and oxygen atoms in total. The van der Waals surface area contributed by atoms with Gasteiger partial charge in [-0.25, -0.2) is 4.79 Å². The number of ether oxygens (including phenoxy) is 3. The monoisotopic (exact) mass is 441 g/mol. The Balaban J connectivity index is 1.36. The number of aromatic nitrogens is 1. The lowest BCUT2D eigenvalue weighted by molar-refractivity contribution is 0.0599. The number of nitrogens with zero attached hydrogens (tertiary/aromatic N) is 2. The van der Waals surface area contributed by atoms with E-state index >= 15 is 0 Å². The highest BCUT2D eigenvalue weighted by atomic mass is 16.6. The molecular formula is C24H31N3O5. The van der Waals surface area contributed by atoms with Gasteiger partial charge in [0.2, 0.25) is 0 Å². The Morgan fingerprint density at radius 2 is 1.78 bits per heavy atom. The highest BCUT2D eigenvalue weighted by Gasteiger charge is 2.30. The molecule has 32 heavy (non-hydrogen) atoms. The zero-order valence-electron chi connectivity index (χ0n) is 19.2. The number of H-pyrrole nitrogens is 1. The molecule has 8 heteroatoms. The summed E-state index contributed by atoms with van der Waals surface area (Å²) in [5.74, 6) is 1.20. The lowest BCUT2D eigenvalue weighted by Crippen LogP contribution is -2.51. The van der Waals surface area contributed by atoms with E-state index in [1.54, 1.807) is 13.8 Å². The van der Waals surface area contributed by atoms with Gasteiger partial charge in [0.05, 0.1) is 24.4 Å². The van der Waals surface area contributed by atoms with Crippen LogP contribution in [0.4, 0.5) is 0 Å². The van der Waals surface area contributed by atoms with E-state index in [1.807, 2.05) is 13.0 Å². The van der Waals surface area contributed by atoms with Gasteiger partial charge in [-0.1, -0.05) is 6.07 Å². The number of piperazine rings is 1. The number of carbonyl (C=O) groups excluding carboxylic acids is 2. The van der Waals surface area contributed by atoms with Crippen LogP contribution >= 0.6 is 0 Å². The molecule has 2 aliphatic rings. The van der Waals surface area contributed by atoms with Crippen molar-refractivity contribution in [2.24, 2.45) is 0 Å². The largest absolute Gasteiger partial charge is 0.486 e. The van der Waals surface area contributed by atoms with E-state index in [-0.39, 0.29) is 11.8 Å². The predicted molar refractivity (Wildman–Crippen MR) is 120 cm³/mol. The van der Waals surface area contributed by atoms with Crippen molar-refractivity contribution in [2.75, 3.05) is 46.5 Å². The summed E-state index contributed by atoms with van der Waals surface area (Å²) in [6, 6.07) is 5.85. The number of ketones is 1. The molecule has 172 valence electrons. The van der Waals surface area contributed by atoms with E-state index < -0.39 is 5.97 Å². The molecule has 1 aromatic heterocycles. The van der Waals surface area contributed by atoms with Crippen LogP contribution in [0.25, 0.3) is 0 Å². The second-order valence-corrected chi connectivity index (χ2v) is 8.45. The highest BCUT2D eigenvalue weighted by Crippen LogP contribution is 2.31. The molecule has 0 amide bonds. The number of rotatable bonds is 6. The molecule has 0 spiro atoms. The minimum atomic E-state index is -0.421. The Morgan fingerprint density at radius 3 is 2.47 bits per heavy atom. The Hall–Kier alpha value is -2.84. The molecule has 3 heterocycles. The van der Waals surface area contributed by atoms with Crippen LogP contribution in [0.1, 0.15) is 44.6 Å². The molecule has 1 fully saturated rings. The number of methoxy groups -OCH3 is 1. The van der Waals surface area contributed by atoms with Crippen molar-refractivity contribution in [3.05, 3.63) is 46.3 Å². The first-order chi connectivity index (χ1) is 15.4. The van der Waals surface area contributed by atoms with E-state index in [1.165, 1.54) is 12.7 Å². The molecule has 1 N–H and O–H groups in total. The molecule has 2 aliphatic heterocycles. The molecule has 1 aromatic carbocycles. The summed E-state index contributed by atoms with van der Waals surface area (Å²) < 4.78 is 16.1. The first-order valence-corrected chi connectivity index (χ1v) is 11.1. The van der Waals surface area contributed by atoms with Gasteiger partial charge in [-0.2, -0.15) is 0 Å². The van der Waals surface area contributed by atoms with Gasteiger partial charge in [-0.15, -0.1) is 0 Å². The number of fused-ring (bicyclic) bond motifs is 1. The normalized spacial score (nSPS) is 17.8. The summed E-state index contributed by atoms with van der Waals surface area (Å²) in [5.41, 5.74) is 3.46. The molecule has 1 atom stereocenters. The van der Waals surface area contributed by atoms with E-state index in [2.05, 4.69) is 26.9 Å². The number of aromatic amines is 1. The zero-order valence-corrected chi connectivity index (χ0v) is 19.2. The maximum Gasteiger partial charge on any atom is 0.339 e. The molecule has 0 aliphatic carbocycles. The van der Waals surface area contributed by atoms with Gasteiger partial charge in [0.25, 0.3) is 0 Å². The molecule has 0 bridgehead atoms. The third kappa shape index (κ3) is 4.38. The van der Waals surface area contributed by atoms with E-state index in [4.69, 9.17) is 14.2 Å². The first kappa shape index (κ1) is 22.4. The standard InChI is InChI=1S/C24H31N3O5/c1-15-21(24(29)30-4)16(2)25-22(15)23(28)17(3)27-9-7-26(8-10-27)14-18-5-6-19-20(13-18)32-12-11-31-19/h5-6,13,17,25H,7-12,14H2,1-4H3/t17-/m0/s1. The summed E-state index contributed by atoms with van der Waals surface area (Å²) in [6.45, 7) is 10.9. The van der Waals surface area contributed by atoms with Crippen LogP contribution < -0.4 is 9.47 Å².